The molecule has 0 fully saturated rings. The van der Waals surface area contributed by atoms with E-state index in [1.165, 1.54) is 18.2 Å². The van der Waals surface area contributed by atoms with E-state index in [0.717, 1.165) is 11.4 Å². The van der Waals surface area contributed by atoms with Crippen LogP contribution >= 0.6 is 15.9 Å². The number of nitro groups is 1. The molecule has 8 heteroatoms. The zero-order valence-corrected chi connectivity index (χ0v) is 12.8. The second kappa shape index (κ2) is 5.96. The fraction of sp³-hybridized carbons (Fsp3) is 0.154. The number of nitro benzene ring substituents is 1. The van der Waals surface area contributed by atoms with Crippen molar-refractivity contribution in [3.05, 3.63) is 55.8 Å². The molecule has 1 N–H and O–H groups in total. The maximum Gasteiger partial charge on any atom is 0.284 e. The minimum atomic E-state index is -0.561. The van der Waals surface area contributed by atoms with Crippen molar-refractivity contribution in [3.63, 3.8) is 0 Å². The zero-order valence-electron chi connectivity index (χ0n) is 11.3. The molecule has 0 bridgehead atoms. The lowest BCUT2D eigenvalue weighted by molar-refractivity contribution is -0.385. The maximum atomic E-state index is 12.2. The van der Waals surface area contributed by atoms with Crippen LogP contribution in [0.15, 0.2) is 28.7 Å². The maximum absolute atomic E-state index is 12.2. The quantitative estimate of drug-likeness (QED) is 0.677. The van der Waals surface area contributed by atoms with Crippen LogP contribution in [0.5, 0.6) is 0 Å². The van der Waals surface area contributed by atoms with Gasteiger partial charge in [0.05, 0.1) is 10.5 Å². The summed E-state index contributed by atoms with van der Waals surface area (Å²) in [5.41, 5.74) is 1.41. The predicted octanol–water partition coefficient (Wildman–Crippen LogP) is 3.02. The first-order valence-electron chi connectivity index (χ1n) is 5.95. The first kappa shape index (κ1) is 15.0. The molecule has 0 aliphatic heterocycles. The highest BCUT2D eigenvalue weighted by atomic mass is 79.9. The SMILES string of the molecule is Cc1cc(C)nc(NC(=O)c2cccc([N+](=O)[O-])c2Br)n1. The summed E-state index contributed by atoms with van der Waals surface area (Å²) in [5, 5.41) is 13.4. The van der Waals surface area contributed by atoms with Crippen LogP contribution < -0.4 is 5.32 Å². The van der Waals surface area contributed by atoms with Crippen molar-refractivity contribution in [2.24, 2.45) is 0 Å². The van der Waals surface area contributed by atoms with Gasteiger partial charge in [-0.2, -0.15) is 0 Å². The third kappa shape index (κ3) is 3.40. The van der Waals surface area contributed by atoms with E-state index >= 15 is 0 Å². The topological polar surface area (TPSA) is 98.0 Å². The average molecular weight is 351 g/mol. The molecular weight excluding hydrogens is 340 g/mol. The molecule has 1 aromatic carbocycles. The van der Waals surface area contributed by atoms with Gasteiger partial charge in [-0.05, 0) is 41.9 Å². The van der Waals surface area contributed by atoms with Crippen LogP contribution in [0.25, 0.3) is 0 Å². The van der Waals surface area contributed by atoms with Gasteiger partial charge in [0.2, 0.25) is 5.95 Å². The summed E-state index contributed by atoms with van der Waals surface area (Å²) in [7, 11) is 0. The molecule has 0 aliphatic rings. The molecule has 0 aliphatic carbocycles. The van der Waals surface area contributed by atoms with E-state index in [0.29, 0.717) is 0 Å². The zero-order chi connectivity index (χ0) is 15.6. The molecule has 2 rings (SSSR count). The van der Waals surface area contributed by atoms with E-state index in [1.54, 1.807) is 19.9 Å². The Morgan fingerprint density at radius 1 is 1.29 bits per heavy atom. The van der Waals surface area contributed by atoms with Gasteiger partial charge in [0, 0.05) is 17.5 Å². The number of hydrogen-bond acceptors (Lipinski definition) is 5. The third-order valence-electron chi connectivity index (χ3n) is 2.63. The third-order valence-corrected chi connectivity index (χ3v) is 3.46. The molecule has 0 saturated heterocycles. The first-order chi connectivity index (χ1) is 9.88. The van der Waals surface area contributed by atoms with E-state index in [-0.39, 0.29) is 21.7 Å². The molecule has 7 nitrogen and oxygen atoms in total. The van der Waals surface area contributed by atoms with Crippen LogP contribution in [-0.4, -0.2) is 20.8 Å². The molecule has 0 spiro atoms. The second-order valence-electron chi connectivity index (χ2n) is 4.32. The largest absolute Gasteiger partial charge is 0.290 e. The Bertz CT molecular complexity index is 713. The highest BCUT2D eigenvalue weighted by molar-refractivity contribution is 9.10. The van der Waals surface area contributed by atoms with Crippen LogP contribution in [0, 0.1) is 24.0 Å². The smallest absolute Gasteiger partial charge is 0.284 e. The first-order valence-corrected chi connectivity index (χ1v) is 6.74. The fourth-order valence-corrected chi connectivity index (χ4v) is 2.38. The van der Waals surface area contributed by atoms with E-state index in [1.807, 2.05) is 0 Å². The minimum absolute atomic E-state index is 0.122. The Kier molecular flexibility index (Phi) is 4.27. The van der Waals surface area contributed by atoms with E-state index in [4.69, 9.17) is 0 Å². The summed E-state index contributed by atoms with van der Waals surface area (Å²) < 4.78 is 0.122. The molecule has 1 aromatic heterocycles. The predicted molar refractivity (Wildman–Crippen MR) is 80.3 cm³/mol. The monoisotopic (exact) mass is 350 g/mol. The molecule has 108 valence electrons. The molecule has 2 aromatic rings. The van der Waals surface area contributed by atoms with Gasteiger partial charge in [0.1, 0.15) is 4.47 Å². The number of amides is 1. The number of hydrogen-bond donors (Lipinski definition) is 1. The van der Waals surface area contributed by atoms with Gasteiger partial charge in [-0.15, -0.1) is 0 Å². The number of anilines is 1. The molecule has 1 amide bonds. The number of nitrogens with one attached hydrogen (secondary N) is 1. The van der Waals surface area contributed by atoms with Gasteiger partial charge in [0.25, 0.3) is 11.6 Å². The van der Waals surface area contributed by atoms with E-state index in [2.05, 4.69) is 31.2 Å². The van der Waals surface area contributed by atoms with Crippen molar-refractivity contribution in [2.75, 3.05) is 5.32 Å². The van der Waals surface area contributed by atoms with Crippen LogP contribution in [0.2, 0.25) is 0 Å². The number of aromatic nitrogens is 2. The standard InChI is InChI=1S/C13H11BrN4O3/c1-7-6-8(2)16-13(15-7)17-12(19)9-4-3-5-10(11(9)14)18(20)21/h3-6H,1-2H3,(H,15,16,17,19). The van der Waals surface area contributed by atoms with Crippen LogP contribution in [-0.2, 0) is 0 Å². The molecule has 0 saturated carbocycles. The Hall–Kier alpha value is -2.35. The van der Waals surface area contributed by atoms with Crippen LogP contribution in [0.1, 0.15) is 21.7 Å². The van der Waals surface area contributed by atoms with E-state index in [9.17, 15) is 14.9 Å². The number of aryl methyl sites for hydroxylation is 2. The highest BCUT2D eigenvalue weighted by Crippen LogP contribution is 2.28. The minimum Gasteiger partial charge on any atom is -0.290 e. The Morgan fingerprint density at radius 2 is 1.90 bits per heavy atom. The van der Waals surface area contributed by atoms with Crippen molar-refractivity contribution in [2.45, 2.75) is 13.8 Å². The fourth-order valence-electron chi connectivity index (χ4n) is 1.79. The number of rotatable bonds is 3. The summed E-state index contributed by atoms with van der Waals surface area (Å²) in [5.74, 6) is -0.355. The number of nitrogens with zero attached hydrogens (tertiary/aromatic N) is 3. The van der Waals surface area contributed by atoms with Crippen molar-refractivity contribution in [1.82, 2.24) is 9.97 Å². The lowest BCUT2D eigenvalue weighted by Crippen LogP contribution is -2.16. The Labute approximate surface area is 128 Å². The number of benzene rings is 1. The molecule has 0 unspecified atom stereocenters. The van der Waals surface area contributed by atoms with Gasteiger partial charge < -0.3 is 0 Å². The molecule has 21 heavy (non-hydrogen) atoms. The van der Waals surface area contributed by atoms with Crippen molar-refractivity contribution in [1.29, 1.82) is 0 Å². The molecule has 1 heterocycles. The van der Waals surface area contributed by atoms with Crippen molar-refractivity contribution < 1.29 is 9.72 Å². The summed E-state index contributed by atoms with van der Waals surface area (Å²) in [6, 6.07) is 6.02. The van der Waals surface area contributed by atoms with Gasteiger partial charge >= 0.3 is 0 Å². The summed E-state index contributed by atoms with van der Waals surface area (Å²) in [6.07, 6.45) is 0. The van der Waals surface area contributed by atoms with Crippen molar-refractivity contribution in [3.8, 4) is 0 Å². The summed E-state index contributed by atoms with van der Waals surface area (Å²) in [6.45, 7) is 3.57. The summed E-state index contributed by atoms with van der Waals surface area (Å²) in [4.78, 5) is 30.7. The Balaban J connectivity index is 2.33. The second-order valence-corrected chi connectivity index (χ2v) is 5.12. The number of halogens is 1. The lowest BCUT2D eigenvalue weighted by Gasteiger charge is -2.07. The lowest BCUT2D eigenvalue weighted by atomic mass is 10.2. The van der Waals surface area contributed by atoms with Crippen LogP contribution in [0.4, 0.5) is 11.6 Å². The average Bonchev–Trinajstić information content (AvgIpc) is 2.37. The molecule has 0 radical (unpaired) electrons. The summed E-state index contributed by atoms with van der Waals surface area (Å²) >= 11 is 3.08. The van der Waals surface area contributed by atoms with Crippen molar-refractivity contribution >= 4 is 33.5 Å². The normalized spacial score (nSPS) is 10.2. The van der Waals surface area contributed by atoms with Gasteiger partial charge in [-0.3, -0.25) is 20.2 Å². The number of carbonyl (C=O) groups excluding carboxylic acids is 1. The molecule has 0 atom stereocenters. The molecular formula is C13H11BrN4O3. The van der Waals surface area contributed by atoms with E-state index < -0.39 is 10.8 Å². The number of carbonyl (C=O) groups is 1. The van der Waals surface area contributed by atoms with Gasteiger partial charge in [0.15, 0.2) is 0 Å². The Morgan fingerprint density at radius 3 is 2.48 bits per heavy atom. The van der Waals surface area contributed by atoms with Gasteiger partial charge in [-0.25, -0.2) is 9.97 Å². The highest BCUT2D eigenvalue weighted by Gasteiger charge is 2.20. The van der Waals surface area contributed by atoms with Gasteiger partial charge in [-0.1, -0.05) is 6.07 Å². The van der Waals surface area contributed by atoms with Crippen LogP contribution in [0.3, 0.4) is 0 Å².